The highest BCUT2D eigenvalue weighted by Gasteiger charge is 2.05. The van der Waals surface area contributed by atoms with Crippen molar-refractivity contribution in [3.63, 3.8) is 0 Å². The standard InChI is InChI=1S/C11H13N3O/c12-5-7-14-11-10-8(4-6-13-11)2-1-3-9(10)15/h1-4,6,15H,5,7,12H2,(H,13,14). The van der Waals surface area contributed by atoms with Crippen LogP contribution in [0.5, 0.6) is 5.75 Å². The highest BCUT2D eigenvalue weighted by molar-refractivity contribution is 5.96. The van der Waals surface area contributed by atoms with Crippen molar-refractivity contribution in [2.75, 3.05) is 18.4 Å². The van der Waals surface area contributed by atoms with E-state index in [0.717, 1.165) is 10.8 Å². The van der Waals surface area contributed by atoms with Crippen LogP contribution in [-0.4, -0.2) is 23.2 Å². The summed E-state index contributed by atoms with van der Waals surface area (Å²) in [6, 6.07) is 7.26. The van der Waals surface area contributed by atoms with Crippen LogP contribution in [0.25, 0.3) is 10.8 Å². The molecule has 0 aliphatic heterocycles. The van der Waals surface area contributed by atoms with E-state index in [1.165, 1.54) is 0 Å². The van der Waals surface area contributed by atoms with E-state index >= 15 is 0 Å². The number of pyridine rings is 1. The smallest absolute Gasteiger partial charge is 0.137 e. The summed E-state index contributed by atoms with van der Waals surface area (Å²) >= 11 is 0. The summed E-state index contributed by atoms with van der Waals surface area (Å²) in [6.07, 6.45) is 1.71. The maximum atomic E-state index is 9.74. The summed E-state index contributed by atoms with van der Waals surface area (Å²) in [6.45, 7) is 1.17. The van der Waals surface area contributed by atoms with E-state index in [0.29, 0.717) is 18.9 Å². The molecule has 1 aromatic carbocycles. The molecule has 2 aromatic rings. The van der Waals surface area contributed by atoms with Crippen LogP contribution in [0.2, 0.25) is 0 Å². The molecule has 0 unspecified atom stereocenters. The van der Waals surface area contributed by atoms with Crippen LogP contribution in [0.4, 0.5) is 5.82 Å². The monoisotopic (exact) mass is 203 g/mol. The van der Waals surface area contributed by atoms with Gasteiger partial charge in [-0.2, -0.15) is 0 Å². The number of rotatable bonds is 3. The van der Waals surface area contributed by atoms with Gasteiger partial charge in [0.1, 0.15) is 11.6 Å². The fourth-order valence-electron chi connectivity index (χ4n) is 1.54. The Morgan fingerprint density at radius 3 is 3.00 bits per heavy atom. The second kappa shape index (κ2) is 4.14. The SMILES string of the molecule is NCCNc1nccc2cccc(O)c12. The molecule has 4 nitrogen and oxygen atoms in total. The first-order valence-electron chi connectivity index (χ1n) is 4.83. The first-order chi connectivity index (χ1) is 7.33. The molecule has 4 N–H and O–H groups in total. The van der Waals surface area contributed by atoms with Crippen molar-refractivity contribution in [3.05, 3.63) is 30.5 Å². The normalized spacial score (nSPS) is 10.5. The summed E-state index contributed by atoms with van der Waals surface area (Å²) in [7, 11) is 0. The third-order valence-corrected chi connectivity index (χ3v) is 2.21. The number of phenolic OH excluding ortho intramolecular Hbond substituents is 1. The van der Waals surface area contributed by atoms with Crippen molar-refractivity contribution in [1.29, 1.82) is 0 Å². The largest absolute Gasteiger partial charge is 0.507 e. The number of aromatic nitrogens is 1. The van der Waals surface area contributed by atoms with Gasteiger partial charge >= 0.3 is 0 Å². The molecule has 78 valence electrons. The van der Waals surface area contributed by atoms with E-state index in [1.807, 2.05) is 18.2 Å². The number of benzene rings is 1. The van der Waals surface area contributed by atoms with E-state index in [1.54, 1.807) is 12.3 Å². The third kappa shape index (κ3) is 1.85. The lowest BCUT2D eigenvalue weighted by Crippen LogP contribution is -2.14. The van der Waals surface area contributed by atoms with Crippen molar-refractivity contribution in [1.82, 2.24) is 4.98 Å². The molecule has 0 aliphatic carbocycles. The average molecular weight is 203 g/mol. The average Bonchev–Trinajstić information content (AvgIpc) is 2.26. The van der Waals surface area contributed by atoms with Gasteiger partial charge in [-0.25, -0.2) is 4.98 Å². The zero-order valence-electron chi connectivity index (χ0n) is 8.27. The van der Waals surface area contributed by atoms with Crippen LogP contribution >= 0.6 is 0 Å². The van der Waals surface area contributed by atoms with Crippen LogP contribution < -0.4 is 11.1 Å². The van der Waals surface area contributed by atoms with Crippen LogP contribution in [0.3, 0.4) is 0 Å². The molecule has 0 atom stereocenters. The van der Waals surface area contributed by atoms with Gasteiger partial charge in [-0.1, -0.05) is 12.1 Å². The summed E-state index contributed by atoms with van der Waals surface area (Å²) in [4.78, 5) is 4.18. The van der Waals surface area contributed by atoms with Crippen molar-refractivity contribution in [3.8, 4) is 5.75 Å². The zero-order chi connectivity index (χ0) is 10.7. The number of nitrogens with two attached hydrogens (primary N) is 1. The van der Waals surface area contributed by atoms with Crippen molar-refractivity contribution >= 4 is 16.6 Å². The summed E-state index contributed by atoms with van der Waals surface area (Å²) in [5, 5.41) is 14.5. The minimum absolute atomic E-state index is 0.236. The van der Waals surface area contributed by atoms with Gasteiger partial charge in [-0.05, 0) is 17.5 Å². The van der Waals surface area contributed by atoms with Gasteiger partial charge in [0.15, 0.2) is 0 Å². The van der Waals surface area contributed by atoms with E-state index in [-0.39, 0.29) is 5.75 Å². The van der Waals surface area contributed by atoms with Crippen LogP contribution in [0.15, 0.2) is 30.5 Å². The van der Waals surface area contributed by atoms with Gasteiger partial charge in [-0.3, -0.25) is 0 Å². The topological polar surface area (TPSA) is 71.2 Å². The van der Waals surface area contributed by atoms with E-state index < -0.39 is 0 Å². The minimum Gasteiger partial charge on any atom is -0.507 e. The Kier molecular flexibility index (Phi) is 2.69. The highest BCUT2D eigenvalue weighted by Crippen LogP contribution is 2.29. The van der Waals surface area contributed by atoms with E-state index in [2.05, 4.69) is 10.3 Å². The van der Waals surface area contributed by atoms with Gasteiger partial charge in [0.05, 0.1) is 5.39 Å². The number of phenols is 1. The molecule has 2 rings (SSSR count). The highest BCUT2D eigenvalue weighted by atomic mass is 16.3. The Bertz CT molecular complexity index is 465. The molecule has 0 aliphatic rings. The molecule has 0 saturated heterocycles. The van der Waals surface area contributed by atoms with Gasteiger partial charge in [0.2, 0.25) is 0 Å². The molecule has 0 spiro atoms. The molecular formula is C11H13N3O. The molecule has 4 heteroatoms. The van der Waals surface area contributed by atoms with Crippen molar-refractivity contribution in [2.45, 2.75) is 0 Å². The lowest BCUT2D eigenvalue weighted by Gasteiger charge is -2.08. The van der Waals surface area contributed by atoms with Crippen LogP contribution in [0, 0.1) is 0 Å². The van der Waals surface area contributed by atoms with Gasteiger partial charge in [0, 0.05) is 19.3 Å². The second-order valence-corrected chi connectivity index (χ2v) is 3.25. The quantitative estimate of drug-likeness (QED) is 0.703. The first kappa shape index (κ1) is 9.73. The Morgan fingerprint density at radius 2 is 2.20 bits per heavy atom. The van der Waals surface area contributed by atoms with Crippen LogP contribution in [-0.2, 0) is 0 Å². The Morgan fingerprint density at radius 1 is 1.33 bits per heavy atom. The maximum absolute atomic E-state index is 9.74. The number of fused-ring (bicyclic) bond motifs is 1. The molecule has 0 amide bonds. The molecule has 0 bridgehead atoms. The summed E-state index contributed by atoms with van der Waals surface area (Å²) in [5.74, 6) is 0.913. The number of aromatic hydroxyl groups is 1. The number of hydrogen-bond acceptors (Lipinski definition) is 4. The fourth-order valence-corrected chi connectivity index (χ4v) is 1.54. The molecular weight excluding hydrogens is 190 g/mol. The van der Waals surface area contributed by atoms with Gasteiger partial charge < -0.3 is 16.2 Å². The predicted octanol–water partition coefficient (Wildman–Crippen LogP) is 1.31. The van der Waals surface area contributed by atoms with Crippen molar-refractivity contribution < 1.29 is 5.11 Å². The number of nitrogens with zero attached hydrogens (tertiary/aromatic N) is 1. The first-order valence-corrected chi connectivity index (χ1v) is 4.83. The van der Waals surface area contributed by atoms with E-state index in [4.69, 9.17) is 5.73 Å². The Hall–Kier alpha value is -1.81. The summed E-state index contributed by atoms with van der Waals surface area (Å²) in [5.41, 5.74) is 5.41. The lowest BCUT2D eigenvalue weighted by molar-refractivity contribution is 0.481. The number of nitrogens with one attached hydrogen (secondary N) is 1. The zero-order valence-corrected chi connectivity index (χ0v) is 8.27. The fraction of sp³-hybridized carbons (Fsp3) is 0.182. The van der Waals surface area contributed by atoms with Crippen LogP contribution in [0.1, 0.15) is 0 Å². The van der Waals surface area contributed by atoms with E-state index in [9.17, 15) is 5.11 Å². The van der Waals surface area contributed by atoms with Crippen molar-refractivity contribution in [2.24, 2.45) is 5.73 Å². The maximum Gasteiger partial charge on any atom is 0.137 e. The number of anilines is 1. The Balaban J connectivity index is 2.53. The summed E-state index contributed by atoms with van der Waals surface area (Å²) < 4.78 is 0. The van der Waals surface area contributed by atoms with Gasteiger partial charge in [0.25, 0.3) is 0 Å². The third-order valence-electron chi connectivity index (χ3n) is 2.21. The predicted molar refractivity (Wildman–Crippen MR) is 61.0 cm³/mol. The molecule has 0 radical (unpaired) electrons. The molecule has 0 fully saturated rings. The molecule has 0 saturated carbocycles. The molecule has 1 aromatic heterocycles. The molecule has 15 heavy (non-hydrogen) atoms. The Labute approximate surface area is 87.7 Å². The molecule has 1 heterocycles. The lowest BCUT2D eigenvalue weighted by atomic mass is 10.1. The van der Waals surface area contributed by atoms with Gasteiger partial charge in [-0.15, -0.1) is 0 Å². The number of hydrogen-bond donors (Lipinski definition) is 3. The second-order valence-electron chi connectivity index (χ2n) is 3.25. The minimum atomic E-state index is 0.236.